The van der Waals surface area contributed by atoms with Crippen LogP contribution < -0.4 is 5.32 Å². The summed E-state index contributed by atoms with van der Waals surface area (Å²) in [7, 11) is 0. The molecule has 0 radical (unpaired) electrons. The van der Waals surface area contributed by atoms with Crippen LogP contribution in [-0.4, -0.2) is 21.3 Å². The van der Waals surface area contributed by atoms with Gasteiger partial charge in [-0.05, 0) is 60.9 Å². The van der Waals surface area contributed by atoms with Gasteiger partial charge in [-0.15, -0.1) is 0 Å². The van der Waals surface area contributed by atoms with Crippen LogP contribution in [0.15, 0.2) is 29.0 Å². The molecule has 2 heterocycles. The fourth-order valence-electron chi connectivity index (χ4n) is 2.36. The lowest BCUT2D eigenvalue weighted by Crippen LogP contribution is -2.26. The minimum atomic E-state index is 0.112. The Kier molecular flexibility index (Phi) is 4.94. The van der Waals surface area contributed by atoms with E-state index in [2.05, 4.69) is 68.9 Å². The largest absolute Gasteiger partial charge is 0.305 e. The lowest BCUT2D eigenvalue weighted by molar-refractivity contribution is 0.475. The summed E-state index contributed by atoms with van der Waals surface area (Å²) in [4.78, 5) is 4.28. The number of hydrogen-bond donors (Lipinski definition) is 1. The van der Waals surface area contributed by atoms with Crippen molar-refractivity contribution in [3.63, 3.8) is 0 Å². The molecule has 2 rings (SSSR count). The molecule has 108 valence electrons. The minimum absolute atomic E-state index is 0.112. The molecule has 5 heteroatoms. The van der Waals surface area contributed by atoms with E-state index in [1.165, 1.54) is 5.56 Å². The minimum Gasteiger partial charge on any atom is -0.305 e. The molecule has 2 aromatic rings. The molecule has 0 bridgehead atoms. The van der Waals surface area contributed by atoms with Crippen LogP contribution in [0.5, 0.6) is 0 Å². The van der Waals surface area contributed by atoms with E-state index < -0.39 is 0 Å². The van der Waals surface area contributed by atoms with E-state index in [4.69, 9.17) is 0 Å². The molecular formula is C15H21BrN4. The van der Waals surface area contributed by atoms with E-state index in [1.807, 2.05) is 19.3 Å². The topological polar surface area (TPSA) is 42.7 Å². The molecular weight excluding hydrogens is 316 g/mol. The van der Waals surface area contributed by atoms with E-state index in [-0.39, 0.29) is 6.04 Å². The molecule has 0 aliphatic carbocycles. The van der Waals surface area contributed by atoms with Gasteiger partial charge in [-0.1, -0.05) is 6.92 Å². The van der Waals surface area contributed by atoms with Crippen LogP contribution in [0, 0.1) is 6.92 Å². The van der Waals surface area contributed by atoms with Crippen molar-refractivity contribution in [2.24, 2.45) is 0 Å². The Balaban J connectivity index is 2.51. The zero-order valence-corrected chi connectivity index (χ0v) is 14.0. The molecule has 0 fully saturated rings. The normalized spacial score (nSPS) is 12.9. The molecule has 0 aromatic carbocycles. The first-order valence-corrected chi connectivity index (χ1v) is 7.72. The Morgan fingerprint density at radius 1 is 1.40 bits per heavy atom. The van der Waals surface area contributed by atoms with Gasteiger partial charge in [0.1, 0.15) is 0 Å². The van der Waals surface area contributed by atoms with Gasteiger partial charge < -0.3 is 5.32 Å². The zero-order valence-electron chi connectivity index (χ0n) is 12.4. The number of aryl methyl sites for hydroxylation is 1. The standard InChI is InChI=1S/C15H21BrN4/c1-5-17-14(12-6-7-18-11(4)8-12)15-13(16)9-19-20(15)10(2)3/h6-10,14,17H,5H2,1-4H3. The van der Waals surface area contributed by atoms with Crippen molar-refractivity contribution in [3.8, 4) is 0 Å². The van der Waals surface area contributed by atoms with Gasteiger partial charge in [0.25, 0.3) is 0 Å². The summed E-state index contributed by atoms with van der Waals surface area (Å²) in [5, 5.41) is 8.03. The molecule has 2 aromatic heterocycles. The maximum atomic E-state index is 4.48. The van der Waals surface area contributed by atoms with Crippen LogP contribution >= 0.6 is 15.9 Å². The third-order valence-corrected chi connectivity index (χ3v) is 3.82. The van der Waals surface area contributed by atoms with Gasteiger partial charge in [0, 0.05) is 17.9 Å². The third-order valence-electron chi connectivity index (χ3n) is 3.21. The van der Waals surface area contributed by atoms with Crippen molar-refractivity contribution < 1.29 is 0 Å². The lowest BCUT2D eigenvalue weighted by atomic mass is 10.0. The van der Waals surface area contributed by atoms with Crippen LogP contribution in [0.1, 0.15) is 49.8 Å². The van der Waals surface area contributed by atoms with E-state index in [1.54, 1.807) is 0 Å². The Labute approximate surface area is 128 Å². The molecule has 20 heavy (non-hydrogen) atoms. The van der Waals surface area contributed by atoms with Gasteiger partial charge in [-0.25, -0.2) is 0 Å². The number of aromatic nitrogens is 3. The number of hydrogen-bond acceptors (Lipinski definition) is 3. The Morgan fingerprint density at radius 2 is 2.15 bits per heavy atom. The summed E-state index contributed by atoms with van der Waals surface area (Å²) >= 11 is 3.63. The van der Waals surface area contributed by atoms with Crippen molar-refractivity contribution >= 4 is 15.9 Å². The van der Waals surface area contributed by atoms with Crippen LogP contribution in [0.4, 0.5) is 0 Å². The van der Waals surface area contributed by atoms with Crippen molar-refractivity contribution in [3.05, 3.63) is 46.0 Å². The summed E-state index contributed by atoms with van der Waals surface area (Å²) in [6, 6.07) is 4.61. The van der Waals surface area contributed by atoms with Crippen LogP contribution in [0.3, 0.4) is 0 Å². The number of nitrogens with one attached hydrogen (secondary N) is 1. The highest BCUT2D eigenvalue weighted by atomic mass is 79.9. The summed E-state index contributed by atoms with van der Waals surface area (Å²) in [6.45, 7) is 9.31. The fraction of sp³-hybridized carbons (Fsp3) is 0.467. The average molecular weight is 337 g/mol. The molecule has 0 aliphatic heterocycles. The molecule has 0 spiro atoms. The molecule has 0 amide bonds. The van der Waals surface area contributed by atoms with Crippen molar-refractivity contribution in [2.45, 2.75) is 39.8 Å². The molecule has 1 atom stereocenters. The molecule has 0 saturated heterocycles. The number of rotatable bonds is 5. The smallest absolute Gasteiger partial charge is 0.0761 e. The molecule has 0 aliphatic rings. The monoisotopic (exact) mass is 336 g/mol. The van der Waals surface area contributed by atoms with Gasteiger partial charge in [0.05, 0.1) is 22.4 Å². The van der Waals surface area contributed by atoms with E-state index in [0.717, 1.165) is 22.4 Å². The third kappa shape index (κ3) is 3.10. The van der Waals surface area contributed by atoms with Crippen LogP contribution in [-0.2, 0) is 0 Å². The molecule has 1 unspecified atom stereocenters. The predicted octanol–water partition coefficient (Wildman–Crippen LogP) is 3.63. The summed E-state index contributed by atoms with van der Waals surface area (Å²) in [6.07, 6.45) is 3.73. The van der Waals surface area contributed by atoms with Crippen molar-refractivity contribution in [1.29, 1.82) is 0 Å². The van der Waals surface area contributed by atoms with Gasteiger partial charge in [-0.2, -0.15) is 5.10 Å². The number of pyridine rings is 1. The molecule has 1 N–H and O–H groups in total. The van der Waals surface area contributed by atoms with E-state index >= 15 is 0 Å². The van der Waals surface area contributed by atoms with Crippen LogP contribution in [0.25, 0.3) is 0 Å². The van der Waals surface area contributed by atoms with Gasteiger partial charge in [0.2, 0.25) is 0 Å². The fourth-order valence-corrected chi connectivity index (χ4v) is 2.86. The second kappa shape index (κ2) is 6.50. The van der Waals surface area contributed by atoms with Crippen molar-refractivity contribution in [2.75, 3.05) is 6.54 Å². The van der Waals surface area contributed by atoms with Crippen LogP contribution in [0.2, 0.25) is 0 Å². The zero-order chi connectivity index (χ0) is 14.7. The second-order valence-electron chi connectivity index (χ2n) is 5.14. The van der Waals surface area contributed by atoms with Crippen molar-refractivity contribution in [1.82, 2.24) is 20.1 Å². The first-order valence-electron chi connectivity index (χ1n) is 6.93. The Hall–Kier alpha value is -1.20. The molecule has 4 nitrogen and oxygen atoms in total. The van der Waals surface area contributed by atoms with Gasteiger partial charge >= 0.3 is 0 Å². The second-order valence-corrected chi connectivity index (χ2v) is 5.99. The Bertz CT molecular complexity index is 577. The van der Waals surface area contributed by atoms with E-state index in [9.17, 15) is 0 Å². The van der Waals surface area contributed by atoms with Gasteiger partial charge in [-0.3, -0.25) is 9.67 Å². The summed E-state index contributed by atoms with van der Waals surface area (Å²) < 4.78 is 3.10. The summed E-state index contributed by atoms with van der Waals surface area (Å²) in [5.41, 5.74) is 3.40. The maximum Gasteiger partial charge on any atom is 0.0761 e. The highest BCUT2D eigenvalue weighted by Crippen LogP contribution is 2.30. The van der Waals surface area contributed by atoms with E-state index in [0.29, 0.717) is 6.04 Å². The molecule has 0 saturated carbocycles. The Morgan fingerprint density at radius 3 is 2.75 bits per heavy atom. The first kappa shape index (κ1) is 15.2. The predicted molar refractivity (Wildman–Crippen MR) is 84.8 cm³/mol. The van der Waals surface area contributed by atoms with Gasteiger partial charge in [0.15, 0.2) is 0 Å². The summed E-state index contributed by atoms with van der Waals surface area (Å²) in [5.74, 6) is 0. The SMILES string of the molecule is CCNC(c1ccnc(C)c1)c1c(Br)cnn1C(C)C. The number of halogens is 1. The lowest BCUT2D eigenvalue weighted by Gasteiger charge is -2.22. The maximum absolute atomic E-state index is 4.48. The average Bonchev–Trinajstić information content (AvgIpc) is 2.78. The number of nitrogens with zero attached hydrogens (tertiary/aromatic N) is 3. The quantitative estimate of drug-likeness (QED) is 0.906. The highest BCUT2D eigenvalue weighted by Gasteiger charge is 2.22. The highest BCUT2D eigenvalue weighted by molar-refractivity contribution is 9.10. The first-order chi connectivity index (χ1) is 9.54.